The highest BCUT2D eigenvalue weighted by atomic mass is 16.5. The van der Waals surface area contributed by atoms with Crippen LogP contribution in [0.15, 0.2) is 53.2 Å². The van der Waals surface area contributed by atoms with Crippen LogP contribution in [0.4, 0.5) is 0 Å². The Kier molecular flexibility index (Phi) is 4.43. The van der Waals surface area contributed by atoms with Gasteiger partial charge in [-0.1, -0.05) is 23.4 Å². The molecule has 0 bridgehead atoms. The minimum absolute atomic E-state index is 0.545. The smallest absolute Gasteiger partial charge is 0.203 e. The Balaban J connectivity index is 1.83. The summed E-state index contributed by atoms with van der Waals surface area (Å²) >= 11 is 0. The standard InChI is InChI=1S/C23H21N3O4/c1-27-18-11-15(12-19(28-2)23(18)29-3)21-20-17(10-9-14-13-24-30-22(14)20)25-26(21)16-7-5-4-6-8-16/h4-8,11-13H,9-10H2,1-3H3. The van der Waals surface area contributed by atoms with Crippen LogP contribution in [0, 0.1) is 0 Å². The zero-order valence-corrected chi connectivity index (χ0v) is 17.0. The molecule has 0 saturated heterocycles. The molecule has 2 aromatic carbocycles. The summed E-state index contributed by atoms with van der Waals surface area (Å²) in [7, 11) is 4.82. The average Bonchev–Trinajstić information content (AvgIpc) is 3.42. The predicted octanol–water partition coefficient (Wildman–Crippen LogP) is 4.32. The Morgan fingerprint density at radius 3 is 2.33 bits per heavy atom. The molecule has 5 rings (SSSR count). The van der Waals surface area contributed by atoms with Crippen molar-refractivity contribution >= 4 is 0 Å². The first-order valence-electron chi connectivity index (χ1n) is 9.66. The van der Waals surface area contributed by atoms with Crippen molar-refractivity contribution in [3.63, 3.8) is 0 Å². The van der Waals surface area contributed by atoms with Crippen molar-refractivity contribution in [2.24, 2.45) is 0 Å². The van der Waals surface area contributed by atoms with Gasteiger partial charge in [-0.25, -0.2) is 4.68 Å². The maximum Gasteiger partial charge on any atom is 0.203 e. The highest BCUT2D eigenvalue weighted by Gasteiger charge is 2.30. The molecule has 0 aliphatic heterocycles. The fourth-order valence-corrected chi connectivity index (χ4v) is 4.01. The average molecular weight is 403 g/mol. The van der Waals surface area contributed by atoms with E-state index in [2.05, 4.69) is 5.16 Å². The molecule has 7 heteroatoms. The summed E-state index contributed by atoms with van der Waals surface area (Å²) in [5.74, 6) is 2.47. The Hall–Kier alpha value is -3.74. The molecule has 1 aliphatic carbocycles. The summed E-state index contributed by atoms with van der Waals surface area (Å²) in [6.07, 6.45) is 3.46. The number of methoxy groups -OCH3 is 3. The predicted molar refractivity (Wildman–Crippen MR) is 112 cm³/mol. The van der Waals surface area contributed by atoms with Crippen molar-refractivity contribution in [1.82, 2.24) is 14.9 Å². The summed E-state index contributed by atoms with van der Waals surface area (Å²) in [4.78, 5) is 0. The Morgan fingerprint density at radius 2 is 1.67 bits per heavy atom. The largest absolute Gasteiger partial charge is 0.493 e. The number of ether oxygens (including phenoxy) is 3. The van der Waals surface area contributed by atoms with Crippen LogP contribution in [0.3, 0.4) is 0 Å². The number of benzene rings is 2. The lowest BCUT2D eigenvalue weighted by Gasteiger charge is -2.16. The lowest BCUT2D eigenvalue weighted by atomic mass is 9.92. The summed E-state index contributed by atoms with van der Waals surface area (Å²) in [5, 5.41) is 8.98. The molecule has 0 spiro atoms. The Bertz CT molecular complexity index is 1190. The highest BCUT2D eigenvalue weighted by molar-refractivity contribution is 5.85. The molecule has 2 heterocycles. The van der Waals surface area contributed by atoms with E-state index in [1.165, 1.54) is 0 Å². The van der Waals surface area contributed by atoms with Crippen LogP contribution < -0.4 is 14.2 Å². The van der Waals surface area contributed by atoms with Crippen LogP contribution in [0.1, 0.15) is 11.3 Å². The van der Waals surface area contributed by atoms with Gasteiger partial charge in [-0.2, -0.15) is 5.10 Å². The number of para-hydroxylation sites is 1. The molecule has 1 aliphatic rings. The zero-order valence-electron chi connectivity index (χ0n) is 17.0. The van der Waals surface area contributed by atoms with Crippen molar-refractivity contribution in [2.75, 3.05) is 21.3 Å². The third-order valence-electron chi connectivity index (χ3n) is 5.40. The third kappa shape index (κ3) is 2.74. The monoisotopic (exact) mass is 403 g/mol. The fraction of sp³-hybridized carbons (Fsp3) is 0.217. The molecular weight excluding hydrogens is 382 g/mol. The quantitative estimate of drug-likeness (QED) is 0.494. The van der Waals surface area contributed by atoms with Crippen molar-refractivity contribution in [3.05, 3.63) is 59.9 Å². The first-order chi connectivity index (χ1) is 14.7. The van der Waals surface area contributed by atoms with E-state index in [0.717, 1.165) is 52.4 Å². The second-order valence-corrected chi connectivity index (χ2v) is 7.01. The molecule has 0 fully saturated rings. The van der Waals surface area contributed by atoms with Gasteiger partial charge in [0, 0.05) is 11.1 Å². The maximum absolute atomic E-state index is 5.66. The van der Waals surface area contributed by atoms with Crippen LogP contribution in [0.5, 0.6) is 17.2 Å². The zero-order chi connectivity index (χ0) is 20.7. The molecule has 0 N–H and O–H groups in total. The van der Waals surface area contributed by atoms with Gasteiger partial charge in [0.1, 0.15) is 0 Å². The van der Waals surface area contributed by atoms with Crippen LogP contribution in [-0.4, -0.2) is 36.3 Å². The summed E-state index contributed by atoms with van der Waals surface area (Å²) in [6.45, 7) is 0. The van der Waals surface area contributed by atoms with E-state index >= 15 is 0 Å². The second kappa shape index (κ2) is 7.26. The van der Waals surface area contributed by atoms with Crippen LogP contribution >= 0.6 is 0 Å². The molecule has 4 aromatic rings. The Morgan fingerprint density at radius 1 is 0.933 bits per heavy atom. The van der Waals surface area contributed by atoms with Gasteiger partial charge < -0.3 is 18.7 Å². The first kappa shape index (κ1) is 18.3. The molecular formula is C23H21N3O4. The van der Waals surface area contributed by atoms with Crippen LogP contribution in [0.25, 0.3) is 28.3 Å². The number of nitrogens with zero attached hydrogens (tertiary/aromatic N) is 3. The summed E-state index contributed by atoms with van der Waals surface area (Å²) in [6, 6.07) is 13.9. The number of fused-ring (bicyclic) bond motifs is 3. The number of aryl methyl sites for hydroxylation is 2. The van der Waals surface area contributed by atoms with Crippen molar-refractivity contribution in [3.8, 4) is 45.5 Å². The first-order valence-corrected chi connectivity index (χ1v) is 9.66. The Labute approximate surface area is 173 Å². The SMILES string of the molecule is COc1cc(-c2c3c(nn2-c2ccccc2)CCc2cnoc2-3)cc(OC)c1OC. The minimum Gasteiger partial charge on any atom is -0.493 e. The number of rotatable bonds is 5. The molecule has 30 heavy (non-hydrogen) atoms. The molecule has 2 aromatic heterocycles. The molecule has 7 nitrogen and oxygen atoms in total. The van der Waals surface area contributed by atoms with E-state index in [1.807, 2.05) is 47.1 Å². The van der Waals surface area contributed by atoms with Crippen molar-refractivity contribution in [1.29, 1.82) is 0 Å². The van der Waals surface area contributed by atoms with Gasteiger partial charge in [0.05, 0.1) is 50.2 Å². The lowest BCUT2D eigenvalue weighted by Crippen LogP contribution is -2.01. The van der Waals surface area contributed by atoms with Gasteiger partial charge in [-0.3, -0.25) is 0 Å². The topological polar surface area (TPSA) is 71.5 Å². The van der Waals surface area contributed by atoms with Crippen molar-refractivity contribution in [2.45, 2.75) is 12.8 Å². The van der Waals surface area contributed by atoms with Gasteiger partial charge in [-0.15, -0.1) is 0 Å². The fourth-order valence-electron chi connectivity index (χ4n) is 4.01. The van der Waals surface area contributed by atoms with E-state index in [9.17, 15) is 0 Å². The highest BCUT2D eigenvalue weighted by Crippen LogP contribution is 2.46. The third-order valence-corrected chi connectivity index (χ3v) is 5.40. The number of aromatic nitrogens is 3. The lowest BCUT2D eigenvalue weighted by molar-refractivity contribution is 0.324. The van der Waals surface area contributed by atoms with Gasteiger partial charge in [0.2, 0.25) is 5.75 Å². The van der Waals surface area contributed by atoms with Crippen LogP contribution in [0.2, 0.25) is 0 Å². The van der Waals surface area contributed by atoms with E-state index in [-0.39, 0.29) is 0 Å². The number of hydrogen-bond acceptors (Lipinski definition) is 6. The summed E-state index contributed by atoms with van der Waals surface area (Å²) < 4.78 is 24.3. The second-order valence-electron chi connectivity index (χ2n) is 7.01. The normalized spacial score (nSPS) is 12.2. The minimum atomic E-state index is 0.545. The van der Waals surface area contributed by atoms with E-state index in [1.54, 1.807) is 27.5 Å². The molecule has 0 atom stereocenters. The number of hydrogen-bond donors (Lipinski definition) is 0. The van der Waals surface area contributed by atoms with Crippen LogP contribution in [-0.2, 0) is 12.8 Å². The molecule has 0 saturated carbocycles. The van der Waals surface area contributed by atoms with E-state index < -0.39 is 0 Å². The molecule has 0 radical (unpaired) electrons. The van der Waals surface area contributed by atoms with Gasteiger partial charge >= 0.3 is 0 Å². The molecule has 0 amide bonds. The molecule has 152 valence electrons. The van der Waals surface area contributed by atoms with Crippen molar-refractivity contribution < 1.29 is 18.7 Å². The van der Waals surface area contributed by atoms with E-state index in [0.29, 0.717) is 17.2 Å². The van der Waals surface area contributed by atoms with E-state index in [4.69, 9.17) is 23.8 Å². The van der Waals surface area contributed by atoms with Gasteiger partial charge in [0.15, 0.2) is 17.3 Å². The maximum atomic E-state index is 5.66. The van der Waals surface area contributed by atoms with Gasteiger partial charge in [-0.05, 0) is 37.1 Å². The summed E-state index contributed by atoms with van der Waals surface area (Å²) in [5.41, 5.74) is 5.75. The molecule has 0 unspecified atom stereocenters. The van der Waals surface area contributed by atoms with Gasteiger partial charge in [0.25, 0.3) is 0 Å².